The predicted octanol–water partition coefficient (Wildman–Crippen LogP) is 3.40. The van der Waals surface area contributed by atoms with Gasteiger partial charge in [-0.05, 0) is 36.4 Å². The number of para-hydroxylation sites is 3. The predicted molar refractivity (Wildman–Crippen MR) is 110 cm³/mol. The number of phenolic OH excluding ortho intramolecular Hbond substituents is 1. The molecule has 0 saturated heterocycles. The van der Waals surface area contributed by atoms with Crippen molar-refractivity contribution in [2.24, 2.45) is 4.99 Å². The molecule has 7 heteroatoms. The van der Waals surface area contributed by atoms with Crippen LogP contribution in [0, 0.1) is 5.21 Å². The van der Waals surface area contributed by atoms with Crippen LogP contribution in [0.1, 0.15) is 5.56 Å². The number of phenols is 1. The van der Waals surface area contributed by atoms with Crippen molar-refractivity contribution in [1.29, 1.82) is 0 Å². The summed E-state index contributed by atoms with van der Waals surface area (Å²) in [6.45, 7) is 0. The lowest BCUT2D eigenvalue weighted by Crippen LogP contribution is -2.99. The quantitative estimate of drug-likeness (QED) is 0.362. The molecule has 0 fully saturated rings. The Morgan fingerprint density at radius 1 is 0.931 bits per heavy atom. The monoisotopic (exact) mass is 386 g/mol. The van der Waals surface area contributed by atoms with Gasteiger partial charge in [0.05, 0.1) is 5.69 Å². The van der Waals surface area contributed by atoms with Gasteiger partial charge in [0.2, 0.25) is 0 Å². The standard InChI is InChI=1S/C22H18N4O3/c27-21-9-5-4-8-20(21)23-14-17-15-25(18-6-2-1-3-7-18)24-22(17)16-10-12-19(13-11-16)26(28)29/h1-15,26-28H. The van der Waals surface area contributed by atoms with E-state index < -0.39 is 5.23 Å². The number of aliphatic imine (C=N–C) groups is 1. The topological polar surface area (TPSA) is 98.1 Å². The largest absolute Gasteiger partial charge is 0.595 e. The Morgan fingerprint density at radius 2 is 1.62 bits per heavy atom. The Kier molecular flexibility index (Phi) is 5.17. The van der Waals surface area contributed by atoms with E-state index in [0.29, 0.717) is 11.4 Å². The minimum atomic E-state index is -0.979. The molecule has 29 heavy (non-hydrogen) atoms. The van der Waals surface area contributed by atoms with E-state index in [2.05, 4.69) is 10.1 Å². The highest BCUT2D eigenvalue weighted by Crippen LogP contribution is 2.27. The van der Waals surface area contributed by atoms with Crippen LogP contribution >= 0.6 is 0 Å². The summed E-state index contributed by atoms with van der Waals surface area (Å²) in [5, 5.41) is 33.9. The Hall–Kier alpha value is -3.78. The average molecular weight is 386 g/mol. The average Bonchev–Trinajstić information content (AvgIpc) is 3.18. The van der Waals surface area contributed by atoms with Gasteiger partial charge in [0, 0.05) is 35.7 Å². The number of quaternary nitrogens is 1. The first-order valence-electron chi connectivity index (χ1n) is 8.93. The molecule has 0 amide bonds. The molecule has 0 aliphatic heterocycles. The van der Waals surface area contributed by atoms with E-state index in [1.165, 1.54) is 0 Å². The van der Waals surface area contributed by atoms with Crippen LogP contribution in [0.3, 0.4) is 0 Å². The summed E-state index contributed by atoms with van der Waals surface area (Å²) in [6.07, 6.45) is 3.49. The summed E-state index contributed by atoms with van der Waals surface area (Å²) in [7, 11) is 0. The molecule has 0 aliphatic carbocycles. The third kappa shape index (κ3) is 4.07. The molecule has 4 aromatic rings. The summed E-state index contributed by atoms with van der Waals surface area (Å²) in [6, 6.07) is 23.0. The summed E-state index contributed by atoms with van der Waals surface area (Å²) in [5.74, 6) is 0.0894. The number of aromatic hydroxyl groups is 1. The molecule has 1 aromatic heterocycles. The Bertz CT molecular complexity index is 1140. The van der Waals surface area contributed by atoms with Crippen LogP contribution in [0.15, 0.2) is 90.1 Å². The molecule has 1 atom stereocenters. The molecule has 0 spiro atoms. The van der Waals surface area contributed by atoms with E-state index in [9.17, 15) is 10.3 Å². The molecule has 3 N–H and O–H groups in total. The zero-order valence-corrected chi connectivity index (χ0v) is 15.3. The van der Waals surface area contributed by atoms with Gasteiger partial charge in [-0.25, -0.2) is 9.89 Å². The van der Waals surface area contributed by atoms with Gasteiger partial charge in [0.25, 0.3) is 0 Å². The Morgan fingerprint density at radius 3 is 2.31 bits per heavy atom. The first kappa shape index (κ1) is 18.6. The van der Waals surface area contributed by atoms with Gasteiger partial charge in [0.15, 0.2) is 5.69 Å². The summed E-state index contributed by atoms with van der Waals surface area (Å²) >= 11 is 0. The van der Waals surface area contributed by atoms with Gasteiger partial charge in [0.1, 0.15) is 17.1 Å². The lowest BCUT2D eigenvalue weighted by molar-refractivity contribution is -0.991. The molecule has 0 radical (unpaired) electrons. The highest BCUT2D eigenvalue weighted by Gasteiger charge is 2.12. The van der Waals surface area contributed by atoms with Crippen molar-refractivity contribution in [2.75, 3.05) is 0 Å². The number of hydrogen-bond donors (Lipinski definition) is 3. The van der Waals surface area contributed by atoms with Gasteiger partial charge < -0.3 is 10.3 Å². The van der Waals surface area contributed by atoms with Crippen molar-refractivity contribution >= 4 is 17.6 Å². The number of nitrogens with zero attached hydrogens (tertiary/aromatic N) is 3. The number of hydrogen-bond acceptors (Lipinski definition) is 5. The van der Waals surface area contributed by atoms with Crippen LogP contribution < -0.4 is 5.23 Å². The maximum absolute atomic E-state index is 11.1. The molecule has 0 saturated carbocycles. The van der Waals surface area contributed by atoms with Gasteiger partial charge in [-0.3, -0.25) is 4.99 Å². The van der Waals surface area contributed by atoms with Crippen LogP contribution in [-0.4, -0.2) is 26.3 Å². The van der Waals surface area contributed by atoms with Crippen molar-refractivity contribution in [3.8, 4) is 22.7 Å². The van der Waals surface area contributed by atoms with Crippen LogP contribution in [0.25, 0.3) is 16.9 Å². The van der Waals surface area contributed by atoms with E-state index in [-0.39, 0.29) is 11.4 Å². The van der Waals surface area contributed by atoms with Crippen molar-refractivity contribution < 1.29 is 15.5 Å². The molecule has 0 aliphatic rings. The van der Waals surface area contributed by atoms with E-state index in [1.54, 1.807) is 59.4 Å². The second-order valence-electron chi connectivity index (χ2n) is 6.34. The third-order valence-electron chi connectivity index (χ3n) is 4.39. The van der Waals surface area contributed by atoms with Crippen LogP contribution in [0.5, 0.6) is 5.75 Å². The van der Waals surface area contributed by atoms with Crippen molar-refractivity contribution in [1.82, 2.24) is 9.78 Å². The van der Waals surface area contributed by atoms with Crippen LogP contribution in [0.2, 0.25) is 0 Å². The van der Waals surface area contributed by atoms with Crippen LogP contribution in [0.4, 0.5) is 11.4 Å². The van der Waals surface area contributed by atoms with Crippen molar-refractivity contribution in [2.45, 2.75) is 0 Å². The van der Waals surface area contributed by atoms with Gasteiger partial charge in [-0.15, -0.1) is 0 Å². The third-order valence-corrected chi connectivity index (χ3v) is 4.39. The Labute approximate surface area is 167 Å². The first-order chi connectivity index (χ1) is 14.1. The Balaban J connectivity index is 1.78. The fourth-order valence-electron chi connectivity index (χ4n) is 2.90. The second kappa shape index (κ2) is 8.07. The van der Waals surface area contributed by atoms with E-state index in [1.807, 2.05) is 36.5 Å². The summed E-state index contributed by atoms with van der Waals surface area (Å²) in [5.41, 5.74) is 3.71. The highest BCUT2D eigenvalue weighted by atomic mass is 16.8. The fourth-order valence-corrected chi connectivity index (χ4v) is 2.90. The smallest absolute Gasteiger partial charge is 0.163 e. The zero-order chi connectivity index (χ0) is 20.2. The summed E-state index contributed by atoms with van der Waals surface area (Å²) < 4.78 is 1.74. The molecule has 0 bridgehead atoms. The molecule has 3 aromatic carbocycles. The lowest BCUT2D eigenvalue weighted by Gasteiger charge is -2.11. The summed E-state index contributed by atoms with van der Waals surface area (Å²) in [4.78, 5) is 4.39. The molecule has 7 nitrogen and oxygen atoms in total. The second-order valence-corrected chi connectivity index (χ2v) is 6.34. The highest BCUT2D eigenvalue weighted by molar-refractivity contribution is 5.90. The van der Waals surface area contributed by atoms with E-state index in [0.717, 1.165) is 16.8 Å². The SMILES string of the molecule is [O-][NH+](O)c1ccc(-c2nn(-c3ccccc3)cc2C=Nc2ccccc2O)cc1. The zero-order valence-electron chi connectivity index (χ0n) is 15.3. The normalized spacial score (nSPS) is 12.3. The molecular weight excluding hydrogens is 368 g/mol. The maximum Gasteiger partial charge on any atom is 0.163 e. The fraction of sp³-hybridized carbons (Fsp3) is 0. The first-order valence-corrected chi connectivity index (χ1v) is 8.93. The van der Waals surface area contributed by atoms with Gasteiger partial charge >= 0.3 is 0 Å². The van der Waals surface area contributed by atoms with E-state index in [4.69, 9.17) is 5.21 Å². The molecule has 1 unspecified atom stereocenters. The van der Waals surface area contributed by atoms with Crippen molar-refractivity contribution in [3.63, 3.8) is 0 Å². The number of nitrogens with one attached hydrogen (secondary N) is 1. The molecule has 1 heterocycles. The molecule has 4 rings (SSSR count). The maximum atomic E-state index is 11.1. The minimum absolute atomic E-state index is 0.0894. The van der Waals surface area contributed by atoms with Crippen molar-refractivity contribution in [3.05, 3.63) is 95.8 Å². The number of rotatable bonds is 5. The molecular formula is C22H18N4O3. The van der Waals surface area contributed by atoms with Gasteiger partial charge in [-0.2, -0.15) is 10.3 Å². The van der Waals surface area contributed by atoms with Crippen LogP contribution in [-0.2, 0) is 0 Å². The van der Waals surface area contributed by atoms with Gasteiger partial charge in [-0.1, -0.05) is 30.3 Å². The minimum Gasteiger partial charge on any atom is -0.595 e. The number of aromatic nitrogens is 2. The lowest BCUT2D eigenvalue weighted by atomic mass is 10.1. The molecule has 144 valence electrons. The van der Waals surface area contributed by atoms with E-state index >= 15 is 0 Å². The number of benzene rings is 3.